The van der Waals surface area contributed by atoms with Gasteiger partial charge in [0.1, 0.15) is 5.69 Å². The average Bonchev–Trinajstić information content (AvgIpc) is 3.40. The van der Waals surface area contributed by atoms with E-state index in [0.717, 1.165) is 39.1 Å². The Morgan fingerprint density at radius 2 is 2.11 bits per heavy atom. The molecule has 2 N–H and O–H groups in total. The molecule has 5 aromatic rings. The smallest absolute Gasteiger partial charge is 0.276 e. The molecule has 8 heteroatoms. The van der Waals surface area contributed by atoms with E-state index in [1.165, 1.54) is 0 Å². The third-order valence-electron chi connectivity index (χ3n) is 4.61. The summed E-state index contributed by atoms with van der Waals surface area (Å²) in [6.45, 7) is 3.79. The summed E-state index contributed by atoms with van der Waals surface area (Å²) in [5.74, 6) is -0.284. The van der Waals surface area contributed by atoms with Gasteiger partial charge in [-0.05, 0) is 44.2 Å². The maximum Gasteiger partial charge on any atom is 0.276 e. The van der Waals surface area contributed by atoms with E-state index in [0.29, 0.717) is 11.4 Å². The Morgan fingerprint density at radius 1 is 1.21 bits per heavy atom. The van der Waals surface area contributed by atoms with Crippen LogP contribution in [0.3, 0.4) is 0 Å². The average molecular weight is 372 g/mol. The van der Waals surface area contributed by atoms with Crippen molar-refractivity contribution in [2.24, 2.45) is 0 Å². The summed E-state index contributed by atoms with van der Waals surface area (Å²) in [4.78, 5) is 17.1. The molecule has 0 saturated heterocycles. The lowest BCUT2D eigenvalue weighted by atomic mass is 10.1. The number of fused-ring (bicyclic) bond motifs is 2. The van der Waals surface area contributed by atoms with Crippen LogP contribution in [0.15, 0.2) is 53.5 Å². The summed E-state index contributed by atoms with van der Waals surface area (Å²) < 4.78 is 6.83. The Hall–Kier alpha value is -3.94. The largest absolute Gasteiger partial charge is 0.472 e. The first-order chi connectivity index (χ1) is 13.6. The van der Waals surface area contributed by atoms with Crippen LogP contribution in [0.2, 0.25) is 0 Å². The minimum atomic E-state index is -0.284. The highest BCUT2D eigenvalue weighted by atomic mass is 16.3. The molecule has 0 fully saturated rings. The number of furan rings is 1. The molecule has 0 aliphatic rings. The fourth-order valence-electron chi connectivity index (χ4n) is 3.31. The van der Waals surface area contributed by atoms with E-state index in [9.17, 15) is 4.79 Å². The molecule has 1 amide bonds. The summed E-state index contributed by atoms with van der Waals surface area (Å²) in [6, 6.07) is 9.17. The van der Waals surface area contributed by atoms with Crippen LogP contribution in [0.25, 0.3) is 27.7 Å². The van der Waals surface area contributed by atoms with Crippen molar-refractivity contribution in [1.82, 2.24) is 24.8 Å². The molecule has 0 spiro atoms. The molecule has 4 heterocycles. The predicted octanol–water partition coefficient (Wildman–Crippen LogP) is 3.73. The van der Waals surface area contributed by atoms with E-state index in [2.05, 4.69) is 25.6 Å². The minimum Gasteiger partial charge on any atom is -0.472 e. The van der Waals surface area contributed by atoms with Crippen molar-refractivity contribution < 1.29 is 9.21 Å². The topological polar surface area (TPSA) is 101 Å². The number of rotatable bonds is 3. The van der Waals surface area contributed by atoms with Crippen molar-refractivity contribution >= 4 is 28.0 Å². The molecule has 0 atom stereocenters. The minimum absolute atomic E-state index is 0.284. The monoisotopic (exact) mass is 372 g/mol. The highest BCUT2D eigenvalue weighted by Gasteiger charge is 2.15. The molecular formula is C20H16N6O2. The molecule has 5 rings (SSSR count). The zero-order chi connectivity index (χ0) is 19.3. The number of anilines is 1. The Labute approximate surface area is 159 Å². The quantitative estimate of drug-likeness (QED) is 0.502. The SMILES string of the molecule is Cc1cn2nc(C(=O)Nc3ccc4[nH]nc(-c5ccoc5)c4c3)cc2c(C)n1. The molecule has 138 valence electrons. The number of nitrogens with one attached hydrogen (secondary N) is 2. The number of nitrogens with zero attached hydrogens (tertiary/aromatic N) is 4. The van der Waals surface area contributed by atoms with E-state index < -0.39 is 0 Å². The van der Waals surface area contributed by atoms with Gasteiger partial charge in [0.25, 0.3) is 5.91 Å². The second kappa shape index (κ2) is 6.05. The number of H-pyrrole nitrogens is 1. The van der Waals surface area contributed by atoms with Crippen LogP contribution in [0.4, 0.5) is 5.69 Å². The van der Waals surface area contributed by atoms with Gasteiger partial charge in [-0.25, -0.2) is 4.52 Å². The molecule has 0 saturated carbocycles. The normalized spacial score (nSPS) is 11.4. The van der Waals surface area contributed by atoms with Gasteiger partial charge in [-0.3, -0.25) is 14.9 Å². The number of aromatic amines is 1. The molecule has 0 radical (unpaired) electrons. The number of amides is 1. The van der Waals surface area contributed by atoms with E-state index >= 15 is 0 Å². The predicted molar refractivity (Wildman–Crippen MR) is 104 cm³/mol. The lowest BCUT2D eigenvalue weighted by Gasteiger charge is -2.03. The second-order valence-corrected chi connectivity index (χ2v) is 6.63. The van der Waals surface area contributed by atoms with Gasteiger partial charge in [0.05, 0.1) is 41.1 Å². The summed E-state index contributed by atoms with van der Waals surface area (Å²) in [6.07, 6.45) is 5.03. The van der Waals surface area contributed by atoms with E-state index in [4.69, 9.17) is 4.42 Å². The summed E-state index contributed by atoms with van der Waals surface area (Å²) in [7, 11) is 0. The van der Waals surface area contributed by atoms with Gasteiger partial charge >= 0.3 is 0 Å². The zero-order valence-corrected chi connectivity index (χ0v) is 15.2. The molecule has 28 heavy (non-hydrogen) atoms. The lowest BCUT2D eigenvalue weighted by Crippen LogP contribution is -2.12. The number of carbonyl (C=O) groups is 1. The Bertz CT molecular complexity index is 1330. The highest BCUT2D eigenvalue weighted by molar-refractivity contribution is 6.05. The molecule has 0 unspecified atom stereocenters. The number of benzene rings is 1. The van der Waals surface area contributed by atoms with Crippen molar-refractivity contribution in [2.75, 3.05) is 5.32 Å². The van der Waals surface area contributed by atoms with Crippen molar-refractivity contribution in [3.63, 3.8) is 0 Å². The molecule has 0 bridgehead atoms. The Kier molecular flexibility index (Phi) is 3.51. The second-order valence-electron chi connectivity index (χ2n) is 6.63. The molecule has 4 aromatic heterocycles. The molecule has 1 aromatic carbocycles. The van der Waals surface area contributed by atoms with E-state index in [1.54, 1.807) is 29.3 Å². The van der Waals surface area contributed by atoms with Crippen LogP contribution in [0.1, 0.15) is 21.9 Å². The summed E-state index contributed by atoms with van der Waals surface area (Å²) >= 11 is 0. The van der Waals surface area contributed by atoms with Crippen LogP contribution in [0, 0.1) is 13.8 Å². The summed E-state index contributed by atoms with van der Waals surface area (Å²) in [5, 5.41) is 15.5. The molecular weight excluding hydrogens is 356 g/mol. The van der Waals surface area contributed by atoms with Gasteiger partial charge in [-0.15, -0.1) is 0 Å². The maximum atomic E-state index is 12.7. The van der Waals surface area contributed by atoms with Gasteiger partial charge in [0, 0.05) is 16.6 Å². The Balaban J connectivity index is 1.49. The fraction of sp³-hybridized carbons (Fsp3) is 0.100. The van der Waals surface area contributed by atoms with E-state index in [-0.39, 0.29) is 5.91 Å². The van der Waals surface area contributed by atoms with Gasteiger partial charge in [0.2, 0.25) is 0 Å². The van der Waals surface area contributed by atoms with Crippen LogP contribution in [-0.4, -0.2) is 30.7 Å². The number of hydrogen-bond acceptors (Lipinski definition) is 5. The van der Waals surface area contributed by atoms with Crippen molar-refractivity contribution in [3.8, 4) is 11.3 Å². The van der Waals surface area contributed by atoms with Crippen molar-refractivity contribution in [1.29, 1.82) is 0 Å². The van der Waals surface area contributed by atoms with Gasteiger partial charge in [0.15, 0.2) is 5.69 Å². The third-order valence-corrected chi connectivity index (χ3v) is 4.61. The van der Waals surface area contributed by atoms with Crippen LogP contribution in [0.5, 0.6) is 0 Å². The molecule has 8 nitrogen and oxygen atoms in total. The van der Waals surface area contributed by atoms with Crippen molar-refractivity contribution in [3.05, 3.63) is 66.1 Å². The molecule has 0 aliphatic heterocycles. The lowest BCUT2D eigenvalue weighted by molar-refractivity contribution is 0.102. The first kappa shape index (κ1) is 16.2. The van der Waals surface area contributed by atoms with Gasteiger partial charge < -0.3 is 9.73 Å². The third kappa shape index (κ3) is 2.62. The standard InChI is InChI=1S/C20H16N6O2/c1-11-9-26-18(12(2)21-11)8-17(25-26)20(27)22-14-3-4-16-15(7-14)19(24-23-16)13-5-6-28-10-13/h3-10H,1-2H3,(H,22,27)(H,23,24). The first-order valence-electron chi connectivity index (χ1n) is 8.74. The fourth-order valence-corrected chi connectivity index (χ4v) is 3.31. The highest BCUT2D eigenvalue weighted by Crippen LogP contribution is 2.28. The van der Waals surface area contributed by atoms with Gasteiger partial charge in [-0.1, -0.05) is 0 Å². The van der Waals surface area contributed by atoms with Crippen LogP contribution < -0.4 is 5.32 Å². The number of hydrogen-bond donors (Lipinski definition) is 2. The molecule has 0 aliphatic carbocycles. The van der Waals surface area contributed by atoms with Crippen molar-refractivity contribution in [2.45, 2.75) is 13.8 Å². The number of carbonyl (C=O) groups excluding carboxylic acids is 1. The number of aromatic nitrogens is 5. The zero-order valence-electron chi connectivity index (χ0n) is 15.2. The summed E-state index contributed by atoms with van der Waals surface area (Å²) in [5.41, 5.74) is 5.98. The van der Waals surface area contributed by atoms with Gasteiger partial charge in [-0.2, -0.15) is 10.2 Å². The van der Waals surface area contributed by atoms with Crippen LogP contribution >= 0.6 is 0 Å². The number of aryl methyl sites for hydroxylation is 2. The first-order valence-corrected chi connectivity index (χ1v) is 8.74. The van der Waals surface area contributed by atoms with E-state index in [1.807, 2.05) is 38.1 Å². The Morgan fingerprint density at radius 3 is 2.93 bits per heavy atom. The van der Waals surface area contributed by atoms with Crippen LogP contribution in [-0.2, 0) is 0 Å². The maximum absolute atomic E-state index is 12.7.